The molecule has 1 atom stereocenters. The Morgan fingerprint density at radius 2 is 1.61 bits per heavy atom. The first-order chi connectivity index (χ1) is 13.7. The van der Waals surface area contributed by atoms with Crippen LogP contribution in [0.3, 0.4) is 0 Å². The fraction of sp³-hybridized carbons (Fsp3) is 0.429. The SMILES string of the molecule is CCOP(OCC)c1ccc([S+]([O-])Nc2ccccc2N2CCCCC2)cc1. The van der Waals surface area contributed by atoms with Crippen molar-refractivity contribution in [2.24, 2.45) is 0 Å². The number of hydrogen-bond acceptors (Lipinski definition) is 5. The summed E-state index contributed by atoms with van der Waals surface area (Å²) < 4.78 is 27.5. The Labute approximate surface area is 172 Å². The van der Waals surface area contributed by atoms with Crippen molar-refractivity contribution >= 4 is 36.4 Å². The van der Waals surface area contributed by atoms with E-state index in [0.717, 1.165) is 34.7 Å². The van der Waals surface area contributed by atoms with Crippen molar-refractivity contribution in [3.63, 3.8) is 0 Å². The Kier molecular flexibility index (Phi) is 8.44. The van der Waals surface area contributed by atoms with E-state index in [4.69, 9.17) is 9.05 Å². The monoisotopic (exact) mass is 420 g/mol. The lowest BCUT2D eigenvalue weighted by molar-refractivity contribution is 0.277. The lowest BCUT2D eigenvalue weighted by Gasteiger charge is -2.30. The average molecular weight is 421 g/mol. The van der Waals surface area contributed by atoms with Crippen LogP contribution in [0.25, 0.3) is 0 Å². The molecule has 1 saturated heterocycles. The van der Waals surface area contributed by atoms with Crippen molar-refractivity contribution in [1.82, 2.24) is 0 Å². The molecule has 5 nitrogen and oxygen atoms in total. The zero-order valence-corrected chi connectivity index (χ0v) is 18.3. The molecule has 1 fully saturated rings. The fourth-order valence-corrected chi connectivity index (χ4v) is 5.35. The van der Waals surface area contributed by atoms with E-state index in [9.17, 15) is 4.55 Å². The number of para-hydroxylation sites is 2. The minimum Gasteiger partial charge on any atom is -0.588 e. The first-order valence-corrected chi connectivity index (χ1v) is 12.2. The third kappa shape index (κ3) is 5.62. The van der Waals surface area contributed by atoms with Crippen LogP contribution >= 0.6 is 8.38 Å². The van der Waals surface area contributed by atoms with Crippen LogP contribution in [0.2, 0.25) is 0 Å². The van der Waals surface area contributed by atoms with Crippen LogP contribution in [-0.4, -0.2) is 30.9 Å². The first-order valence-electron chi connectivity index (χ1n) is 9.91. The number of benzene rings is 2. The van der Waals surface area contributed by atoms with Gasteiger partial charge in [0.15, 0.2) is 4.90 Å². The van der Waals surface area contributed by atoms with E-state index >= 15 is 0 Å². The maximum atomic E-state index is 12.9. The van der Waals surface area contributed by atoms with Gasteiger partial charge in [-0.05, 0) is 69.5 Å². The van der Waals surface area contributed by atoms with E-state index in [1.165, 1.54) is 19.3 Å². The summed E-state index contributed by atoms with van der Waals surface area (Å²) in [5, 5.41) is 0.994. The zero-order chi connectivity index (χ0) is 19.8. The highest BCUT2D eigenvalue weighted by Crippen LogP contribution is 2.37. The van der Waals surface area contributed by atoms with Crippen molar-refractivity contribution in [2.75, 3.05) is 35.9 Å². The molecular formula is C21H29N2O3PS. The van der Waals surface area contributed by atoms with Crippen molar-refractivity contribution < 1.29 is 13.6 Å². The highest BCUT2D eigenvalue weighted by atomic mass is 32.2. The van der Waals surface area contributed by atoms with Gasteiger partial charge in [-0.1, -0.05) is 12.1 Å². The van der Waals surface area contributed by atoms with Gasteiger partial charge in [0.05, 0.1) is 18.9 Å². The molecule has 28 heavy (non-hydrogen) atoms. The van der Waals surface area contributed by atoms with Gasteiger partial charge in [-0.15, -0.1) is 0 Å². The van der Waals surface area contributed by atoms with Gasteiger partial charge in [0.2, 0.25) is 8.38 Å². The largest absolute Gasteiger partial charge is 0.588 e. The van der Waals surface area contributed by atoms with Crippen molar-refractivity contribution in [1.29, 1.82) is 0 Å². The number of nitrogens with zero attached hydrogens (tertiary/aromatic N) is 1. The summed E-state index contributed by atoms with van der Waals surface area (Å²) in [5.41, 5.74) is 2.04. The fourth-order valence-electron chi connectivity index (χ4n) is 3.24. The van der Waals surface area contributed by atoms with Gasteiger partial charge in [0, 0.05) is 18.4 Å². The lowest BCUT2D eigenvalue weighted by atomic mass is 10.1. The molecule has 1 N–H and O–H groups in total. The van der Waals surface area contributed by atoms with Crippen molar-refractivity contribution in [3.05, 3.63) is 48.5 Å². The summed E-state index contributed by atoms with van der Waals surface area (Å²) in [6, 6.07) is 15.8. The highest BCUT2D eigenvalue weighted by molar-refractivity contribution is 7.92. The molecule has 0 radical (unpaired) electrons. The minimum absolute atomic E-state index is 0.605. The van der Waals surface area contributed by atoms with Gasteiger partial charge in [-0.3, -0.25) is 0 Å². The van der Waals surface area contributed by atoms with Gasteiger partial charge in [-0.25, -0.2) is 4.72 Å². The van der Waals surface area contributed by atoms with E-state index in [0.29, 0.717) is 13.2 Å². The smallest absolute Gasteiger partial charge is 0.205 e. The minimum atomic E-state index is -1.33. The number of hydrogen-bond donors (Lipinski definition) is 1. The Morgan fingerprint density at radius 1 is 0.964 bits per heavy atom. The molecule has 2 aromatic carbocycles. The molecule has 3 rings (SSSR count). The molecule has 0 amide bonds. The normalized spacial score (nSPS) is 15.6. The summed E-state index contributed by atoms with van der Waals surface area (Å²) in [6.45, 7) is 7.24. The van der Waals surface area contributed by atoms with Gasteiger partial charge in [-0.2, -0.15) is 0 Å². The van der Waals surface area contributed by atoms with Crippen LogP contribution in [-0.2, 0) is 20.4 Å². The number of piperidine rings is 1. The van der Waals surface area contributed by atoms with E-state index in [1.807, 2.05) is 56.3 Å². The van der Waals surface area contributed by atoms with Crippen LogP contribution < -0.4 is 14.9 Å². The molecule has 0 saturated carbocycles. The topological polar surface area (TPSA) is 56.8 Å². The number of rotatable bonds is 9. The predicted molar refractivity (Wildman–Crippen MR) is 119 cm³/mol. The molecule has 0 aromatic heterocycles. The summed E-state index contributed by atoms with van der Waals surface area (Å²) in [7, 11) is -1.08. The molecular weight excluding hydrogens is 391 g/mol. The van der Waals surface area contributed by atoms with Gasteiger partial charge < -0.3 is 18.5 Å². The molecule has 0 spiro atoms. The molecule has 1 unspecified atom stereocenters. The van der Waals surface area contributed by atoms with Gasteiger partial charge in [0.1, 0.15) is 17.0 Å². The lowest BCUT2D eigenvalue weighted by Crippen LogP contribution is -2.30. The number of nitrogens with one attached hydrogen (secondary N) is 1. The molecule has 0 aliphatic carbocycles. The highest BCUT2D eigenvalue weighted by Gasteiger charge is 2.20. The van der Waals surface area contributed by atoms with Crippen LogP contribution in [0, 0.1) is 0 Å². The standard InChI is InChI=1S/C21H29N2O3PS/c1-3-25-27(26-4-2)18-12-14-19(15-13-18)28(24)22-20-10-6-7-11-21(20)23-16-8-5-9-17-23/h6-7,10-15,22H,3-5,8-9,16-17H2,1-2H3. The summed E-state index contributed by atoms with van der Waals surface area (Å²) in [5.74, 6) is 0. The van der Waals surface area contributed by atoms with Gasteiger partial charge >= 0.3 is 0 Å². The summed E-state index contributed by atoms with van der Waals surface area (Å²) in [6.07, 6.45) is 3.71. The molecule has 1 heterocycles. The first kappa shape index (κ1) is 21.4. The summed E-state index contributed by atoms with van der Waals surface area (Å²) >= 11 is -1.33. The van der Waals surface area contributed by atoms with E-state index in [2.05, 4.69) is 15.7 Å². The Bertz CT molecular complexity index is 720. The average Bonchev–Trinajstić information content (AvgIpc) is 2.75. The number of anilines is 2. The predicted octanol–water partition coefficient (Wildman–Crippen LogP) is 4.82. The Balaban J connectivity index is 1.70. The Hall–Kier alpha value is -1.30. The zero-order valence-electron chi connectivity index (χ0n) is 16.6. The second-order valence-electron chi connectivity index (χ2n) is 6.52. The second kappa shape index (κ2) is 11.0. The van der Waals surface area contributed by atoms with Crippen LogP contribution in [0.15, 0.2) is 53.4 Å². The summed E-state index contributed by atoms with van der Waals surface area (Å²) in [4.78, 5) is 3.11. The quantitative estimate of drug-likeness (QED) is 0.466. The molecule has 2 aromatic rings. The third-order valence-electron chi connectivity index (χ3n) is 4.56. The molecule has 0 bridgehead atoms. The van der Waals surface area contributed by atoms with Crippen molar-refractivity contribution in [3.8, 4) is 0 Å². The van der Waals surface area contributed by atoms with E-state index < -0.39 is 19.7 Å². The molecule has 7 heteroatoms. The van der Waals surface area contributed by atoms with E-state index in [-0.39, 0.29) is 0 Å². The maximum Gasteiger partial charge on any atom is 0.205 e. The Morgan fingerprint density at radius 3 is 2.25 bits per heavy atom. The van der Waals surface area contributed by atoms with Crippen LogP contribution in [0.5, 0.6) is 0 Å². The van der Waals surface area contributed by atoms with Crippen molar-refractivity contribution in [2.45, 2.75) is 38.0 Å². The van der Waals surface area contributed by atoms with Crippen LogP contribution in [0.1, 0.15) is 33.1 Å². The molecule has 1 aliphatic rings. The van der Waals surface area contributed by atoms with E-state index in [1.54, 1.807) is 0 Å². The van der Waals surface area contributed by atoms with Crippen LogP contribution in [0.4, 0.5) is 11.4 Å². The molecule has 1 aliphatic heterocycles. The third-order valence-corrected chi connectivity index (χ3v) is 7.37. The van der Waals surface area contributed by atoms with Gasteiger partial charge in [0.25, 0.3) is 0 Å². The second-order valence-corrected chi connectivity index (χ2v) is 9.28. The molecule has 152 valence electrons. The maximum absolute atomic E-state index is 12.9.